The van der Waals surface area contributed by atoms with E-state index in [1.54, 1.807) is 10.9 Å². The van der Waals surface area contributed by atoms with Gasteiger partial charge in [0.05, 0.1) is 40.8 Å². The molecular weight excluding hydrogens is 464 g/mol. The summed E-state index contributed by atoms with van der Waals surface area (Å²) in [4.78, 5) is 3.96. The minimum absolute atomic E-state index is 0.0182. The fraction of sp³-hybridized carbons (Fsp3) is 0.0400. The van der Waals surface area contributed by atoms with E-state index in [1.807, 2.05) is 42.5 Å². The number of benzene rings is 3. The van der Waals surface area contributed by atoms with E-state index in [9.17, 15) is 14.9 Å². The lowest BCUT2D eigenvalue weighted by molar-refractivity contribution is 0.585. The van der Waals surface area contributed by atoms with Gasteiger partial charge in [-0.1, -0.05) is 35.5 Å². The van der Waals surface area contributed by atoms with Crippen LogP contribution in [0.4, 0.5) is 14.5 Å². The van der Waals surface area contributed by atoms with Crippen molar-refractivity contribution >= 4 is 5.69 Å². The molecule has 0 unspecified atom stereocenters. The van der Waals surface area contributed by atoms with Gasteiger partial charge in [-0.25, -0.2) is 23.1 Å². The normalized spacial score (nSPS) is 10.7. The zero-order valence-corrected chi connectivity index (χ0v) is 18.5. The first-order valence-corrected chi connectivity index (χ1v) is 10.6. The Morgan fingerprint density at radius 1 is 0.972 bits per heavy atom. The Hall–Kier alpha value is -5.42. The Bertz CT molecular complexity index is 1660. The van der Waals surface area contributed by atoms with Crippen molar-refractivity contribution in [3.05, 3.63) is 95.7 Å². The van der Waals surface area contributed by atoms with Crippen molar-refractivity contribution < 1.29 is 8.78 Å². The van der Waals surface area contributed by atoms with Crippen LogP contribution in [0.1, 0.15) is 16.7 Å². The van der Waals surface area contributed by atoms with Crippen LogP contribution in [-0.2, 0) is 6.54 Å². The van der Waals surface area contributed by atoms with Gasteiger partial charge in [0.15, 0.2) is 0 Å². The molecule has 9 nitrogen and oxygen atoms in total. The smallest absolute Gasteiger partial charge is 0.138 e. The number of hydrogen-bond acceptors (Lipinski definition) is 7. The highest BCUT2D eigenvalue weighted by molar-refractivity contribution is 5.96. The van der Waals surface area contributed by atoms with E-state index in [2.05, 4.69) is 20.4 Å². The van der Waals surface area contributed by atoms with Gasteiger partial charge in [0, 0.05) is 17.2 Å². The average Bonchev–Trinajstić information content (AvgIpc) is 3.57. The number of hydrogen-bond donors (Lipinski definition) is 1. The van der Waals surface area contributed by atoms with E-state index >= 15 is 4.39 Å². The standard InChI is InChI=1S/C25H15F2N9/c26-16-6-7-17(20(27)8-16)22-18(9-28)24(30)19(10-29)23(25(22)36-14-31-13-32-36)21-12-35(34-33-21)11-15-4-2-1-3-5-15/h1-8,12-14H,11,30H2. The number of halogens is 2. The Kier molecular flexibility index (Phi) is 5.64. The van der Waals surface area contributed by atoms with E-state index < -0.39 is 11.6 Å². The molecule has 0 atom stereocenters. The second kappa shape index (κ2) is 9.08. The molecule has 11 heteroatoms. The lowest BCUT2D eigenvalue weighted by atomic mass is 9.88. The molecule has 5 aromatic rings. The molecule has 36 heavy (non-hydrogen) atoms. The van der Waals surface area contributed by atoms with Gasteiger partial charge < -0.3 is 5.73 Å². The number of nitriles is 2. The van der Waals surface area contributed by atoms with Crippen molar-refractivity contribution in [2.75, 3.05) is 5.73 Å². The molecule has 2 aromatic heterocycles. The van der Waals surface area contributed by atoms with E-state index in [0.717, 1.165) is 11.6 Å². The van der Waals surface area contributed by atoms with E-state index in [0.29, 0.717) is 12.6 Å². The number of rotatable bonds is 5. The summed E-state index contributed by atoms with van der Waals surface area (Å²) in [5, 5.41) is 32.6. The first kappa shape index (κ1) is 22.4. The van der Waals surface area contributed by atoms with Crippen LogP contribution < -0.4 is 5.73 Å². The van der Waals surface area contributed by atoms with Gasteiger partial charge in [-0.2, -0.15) is 15.6 Å². The third kappa shape index (κ3) is 3.81. The van der Waals surface area contributed by atoms with Crippen LogP contribution in [-0.4, -0.2) is 29.8 Å². The van der Waals surface area contributed by atoms with Crippen LogP contribution >= 0.6 is 0 Å². The third-order valence-electron chi connectivity index (χ3n) is 5.57. The Morgan fingerprint density at radius 3 is 2.39 bits per heavy atom. The lowest BCUT2D eigenvalue weighted by Gasteiger charge is -2.19. The lowest BCUT2D eigenvalue weighted by Crippen LogP contribution is -2.10. The average molecular weight is 479 g/mol. The quantitative estimate of drug-likeness (QED) is 0.378. The fourth-order valence-corrected chi connectivity index (χ4v) is 4.01. The van der Waals surface area contributed by atoms with Gasteiger partial charge in [-0.15, -0.1) is 5.10 Å². The molecular formula is C25H15F2N9. The van der Waals surface area contributed by atoms with Crippen LogP contribution in [0.5, 0.6) is 0 Å². The monoisotopic (exact) mass is 479 g/mol. The number of anilines is 1. The summed E-state index contributed by atoms with van der Waals surface area (Å²) in [5.74, 6) is -1.71. The first-order valence-electron chi connectivity index (χ1n) is 10.6. The predicted molar refractivity (Wildman–Crippen MR) is 125 cm³/mol. The minimum Gasteiger partial charge on any atom is -0.397 e. The zero-order valence-electron chi connectivity index (χ0n) is 18.5. The van der Waals surface area contributed by atoms with Crippen LogP contribution in [0, 0.1) is 34.3 Å². The maximum Gasteiger partial charge on any atom is 0.138 e. The van der Waals surface area contributed by atoms with Crippen molar-refractivity contribution in [1.29, 1.82) is 10.5 Å². The Morgan fingerprint density at radius 2 is 1.72 bits per heavy atom. The largest absolute Gasteiger partial charge is 0.397 e. The van der Waals surface area contributed by atoms with Gasteiger partial charge in [0.1, 0.15) is 42.1 Å². The summed E-state index contributed by atoms with van der Waals surface area (Å²) >= 11 is 0. The molecule has 0 fully saturated rings. The van der Waals surface area contributed by atoms with E-state index in [4.69, 9.17) is 5.73 Å². The van der Waals surface area contributed by atoms with Crippen LogP contribution in [0.15, 0.2) is 67.4 Å². The summed E-state index contributed by atoms with van der Waals surface area (Å²) in [5.41, 5.74) is 7.32. The second-order valence-corrected chi connectivity index (χ2v) is 7.74. The summed E-state index contributed by atoms with van der Waals surface area (Å²) in [6.07, 6.45) is 4.19. The highest BCUT2D eigenvalue weighted by Gasteiger charge is 2.29. The Labute approximate surface area is 203 Å². The second-order valence-electron chi connectivity index (χ2n) is 7.74. The van der Waals surface area contributed by atoms with Crippen molar-refractivity contribution in [3.8, 4) is 40.2 Å². The molecule has 3 aromatic carbocycles. The molecule has 0 spiro atoms. The number of nitrogens with two attached hydrogens (primary N) is 1. The molecule has 0 aliphatic rings. The molecule has 0 radical (unpaired) electrons. The molecule has 5 rings (SSSR count). The molecule has 2 N–H and O–H groups in total. The molecule has 0 saturated carbocycles. The minimum atomic E-state index is -0.921. The van der Waals surface area contributed by atoms with E-state index in [1.165, 1.54) is 23.4 Å². The molecule has 0 saturated heterocycles. The summed E-state index contributed by atoms with van der Waals surface area (Å²) in [6.45, 7) is 0.402. The van der Waals surface area contributed by atoms with Crippen molar-refractivity contribution in [3.63, 3.8) is 0 Å². The van der Waals surface area contributed by atoms with Crippen LogP contribution in [0.2, 0.25) is 0 Å². The van der Waals surface area contributed by atoms with Crippen LogP contribution in [0.3, 0.4) is 0 Å². The zero-order chi connectivity index (χ0) is 25.2. The Balaban J connectivity index is 1.83. The fourth-order valence-electron chi connectivity index (χ4n) is 4.01. The molecule has 0 aliphatic heterocycles. The number of nitrogens with zero attached hydrogens (tertiary/aromatic N) is 8. The SMILES string of the molecule is N#Cc1c(N)c(C#N)c(-c2ccc(F)cc2F)c(-n2cncn2)c1-c1cn(Cc2ccccc2)nn1. The molecule has 174 valence electrons. The van der Waals surface area contributed by atoms with Crippen LogP contribution in [0.25, 0.3) is 28.1 Å². The molecule has 0 bridgehead atoms. The van der Waals surface area contributed by atoms with Gasteiger partial charge >= 0.3 is 0 Å². The number of aromatic nitrogens is 6. The predicted octanol–water partition coefficient (Wildman–Crippen LogP) is 3.84. The maximum atomic E-state index is 15.0. The van der Waals surface area contributed by atoms with E-state index in [-0.39, 0.29) is 44.9 Å². The highest BCUT2D eigenvalue weighted by Crippen LogP contribution is 2.43. The molecule has 0 amide bonds. The third-order valence-corrected chi connectivity index (χ3v) is 5.57. The molecule has 2 heterocycles. The maximum absolute atomic E-state index is 15.0. The van der Waals surface area contributed by atoms with Gasteiger partial charge in [0.25, 0.3) is 0 Å². The summed E-state index contributed by atoms with van der Waals surface area (Å²) in [6, 6.07) is 16.5. The van der Waals surface area contributed by atoms with Gasteiger partial charge in [-0.05, 0) is 17.7 Å². The topological polar surface area (TPSA) is 135 Å². The van der Waals surface area contributed by atoms with Crippen molar-refractivity contribution in [2.45, 2.75) is 6.54 Å². The highest BCUT2D eigenvalue weighted by atomic mass is 19.1. The molecule has 0 aliphatic carbocycles. The van der Waals surface area contributed by atoms with Crippen molar-refractivity contribution in [1.82, 2.24) is 29.8 Å². The first-order chi connectivity index (χ1) is 17.5. The van der Waals surface area contributed by atoms with Crippen molar-refractivity contribution in [2.24, 2.45) is 0 Å². The summed E-state index contributed by atoms with van der Waals surface area (Å²) < 4.78 is 31.6. The number of nitrogen functional groups attached to an aromatic ring is 1. The van der Waals surface area contributed by atoms with Gasteiger partial charge in [-0.3, -0.25) is 0 Å². The van der Waals surface area contributed by atoms with Gasteiger partial charge in [0.2, 0.25) is 0 Å². The summed E-state index contributed by atoms with van der Waals surface area (Å²) in [7, 11) is 0.